The van der Waals surface area contributed by atoms with Crippen molar-refractivity contribution < 1.29 is 9.53 Å². The number of benzene rings is 3. The van der Waals surface area contributed by atoms with Crippen LogP contribution in [0.15, 0.2) is 78.9 Å². The molecule has 3 rings (SSSR count). The Kier molecular flexibility index (Phi) is 9.51. The van der Waals surface area contributed by atoms with Crippen LogP contribution in [0.3, 0.4) is 0 Å². The number of nitrogens with one attached hydrogen (secondary N) is 1. The molecule has 0 heterocycles. The molecular formula is C31H37NO2. The van der Waals surface area contributed by atoms with Crippen LogP contribution >= 0.6 is 0 Å². The van der Waals surface area contributed by atoms with Crippen molar-refractivity contribution in [3.05, 3.63) is 90.0 Å². The second-order valence-corrected chi connectivity index (χ2v) is 8.79. The Morgan fingerprint density at radius 2 is 1.56 bits per heavy atom. The van der Waals surface area contributed by atoms with Crippen LogP contribution in [0.25, 0.3) is 22.3 Å². The first kappa shape index (κ1) is 25.3. The third kappa shape index (κ3) is 7.08. The highest BCUT2D eigenvalue weighted by atomic mass is 16.5. The van der Waals surface area contributed by atoms with E-state index in [0.29, 0.717) is 18.7 Å². The minimum Gasteiger partial charge on any atom is -0.492 e. The van der Waals surface area contributed by atoms with Crippen molar-refractivity contribution in [3.8, 4) is 28.0 Å². The van der Waals surface area contributed by atoms with Crippen LogP contribution in [0.4, 0.5) is 0 Å². The molecular weight excluding hydrogens is 418 g/mol. The van der Waals surface area contributed by atoms with Crippen molar-refractivity contribution in [3.63, 3.8) is 0 Å². The largest absolute Gasteiger partial charge is 0.492 e. The van der Waals surface area contributed by atoms with Gasteiger partial charge in [-0.2, -0.15) is 0 Å². The maximum absolute atomic E-state index is 11.5. The molecule has 0 aliphatic rings. The standard InChI is InChI=1S/C31H37NO2/c1-5-7-8-9-24-10-12-26(13-11-24)28-16-19-30(25(6-2)22-28)27-14-17-29(18-15-27)34-21-20-32-31(33)23(3)4/h10-19,22H,3,5-9,20-21H2,1-2,4H3,(H,32,33). The molecule has 0 saturated heterocycles. The fourth-order valence-electron chi connectivity index (χ4n) is 4.01. The average Bonchev–Trinajstić information content (AvgIpc) is 2.87. The molecule has 0 unspecified atom stereocenters. The van der Waals surface area contributed by atoms with Gasteiger partial charge >= 0.3 is 0 Å². The number of carbonyl (C=O) groups is 1. The van der Waals surface area contributed by atoms with E-state index in [1.54, 1.807) is 6.92 Å². The Balaban J connectivity index is 1.65. The Morgan fingerprint density at radius 1 is 0.882 bits per heavy atom. The van der Waals surface area contributed by atoms with Gasteiger partial charge in [-0.05, 0) is 71.7 Å². The second-order valence-electron chi connectivity index (χ2n) is 8.79. The van der Waals surface area contributed by atoms with Crippen LogP contribution in [-0.2, 0) is 17.6 Å². The molecule has 0 aromatic heterocycles. The third-order valence-electron chi connectivity index (χ3n) is 6.05. The highest BCUT2D eigenvalue weighted by Crippen LogP contribution is 2.31. The van der Waals surface area contributed by atoms with Crippen molar-refractivity contribution >= 4 is 5.91 Å². The fourth-order valence-corrected chi connectivity index (χ4v) is 4.01. The third-order valence-corrected chi connectivity index (χ3v) is 6.05. The number of hydrogen-bond donors (Lipinski definition) is 1. The van der Waals surface area contributed by atoms with Crippen LogP contribution in [0.2, 0.25) is 0 Å². The van der Waals surface area contributed by atoms with E-state index >= 15 is 0 Å². The van der Waals surface area contributed by atoms with Gasteiger partial charge in [0.05, 0.1) is 6.54 Å². The van der Waals surface area contributed by atoms with Gasteiger partial charge in [0.25, 0.3) is 0 Å². The maximum atomic E-state index is 11.5. The van der Waals surface area contributed by atoms with Gasteiger partial charge in [0.1, 0.15) is 12.4 Å². The summed E-state index contributed by atoms with van der Waals surface area (Å²) in [6, 6.07) is 24.0. The first-order valence-electron chi connectivity index (χ1n) is 12.4. The molecule has 3 heteroatoms. The lowest BCUT2D eigenvalue weighted by molar-refractivity contribution is -0.117. The molecule has 3 aromatic rings. The van der Waals surface area contributed by atoms with Crippen LogP contribution in [0, 0.1) is 0 Å². The number of carbonyl (C=O) groups excluding carboxylic acids is 1. The number of aryl methyl sites for hydroxylation is 2. The molecule has 178 valence electrons. The van der Waals surface area contributed by atoms with Crippen LogP contribution in [0.5, 0.6) is 5.75 Å². The Hall–Kier alpha value is -3.33. The summed E-state index contributed by atoms with van der Waals surface area (Å²) >= 11 is 0. The minimum atomic E-state index is -0.141. The Bertz CT molecular complexity index is 1080. The number of ether oxygens (including phenoxy) is 1. The molecule has 0 fully saturated rings. The van der Waals surface area contributed by atoms with E-state index in [-0.39, 0.29) is 5.91 Å². The van der Waals surface area contributed by atoms with Gasteiger partial charge in [-0.25, -0.2) is 0 Å². The lowest BCUT2D eigenvalue weighted by Gasteiger charge is -2.13. The van der Waals surface area contributed by atoms with E-state index in [9.17, 15) is 4.79 Å². The molecule has 0 atom stereocenters. The van der Waals surface area contributed by atoms with Crippen LogP contribution < -0.4 is 10.1 Å². The molecule has 1 N–H and O–H groups in total. The van der Waals surface area contributed by atoms with E-state index in [2.05, 4.69) is 80.3 Å². The summed E-state index contributed by atoms with van der Waals surface area (Å²) in [5.74, 6) is 0.652. The summed E-state index contributed by atoms with van der Waals surface area (Å²) in [6.45, 7) is 10.6. The first-order valence-corrected chi connectivity index (χ1v) is 12.4. The molecule has 0 bridgehead atoms. The van der Waals surface area contributed by atoms with Gasteiger partial charge < -0.3 is 10.1 Å². The molecule has 0 saturated carbocycles. The maximum Gasteiger partial charge on any atom is 0.246 e. The van der Waals surface area contributed by atoms with E-state index in [1.165, 1.54) is 52.6 Å². The normalized spacial score (nSPS) is 10.7. The lowest BCUT2D eigenvalue weighted by Crippen LogP contribution is -2.28. The van der Waals surface area contributed by atoms with Crippen molar-refractivity contribution in [1.29, 1.82) is 0 Å². The molecule has 0 radical (unpaired) electrons. The zero-order chi connectivity index (χ0) is 24.3. The summed E-state index contributed by atoms with van der Waals surface area (Å²) < 4.78 is 5.76. The van der Waals surface area contributed by atoms with Crippen LogP contribution in [-0.4, -0.2) is 19.1 Å². The quantitative estimate of drug-likeness (QED) is 0.228. The summed E-state index contributed by atoms with van der Waals surface area (Å²) in [5, 5.41) is 2.77. The van der Waals surface area contributed by atoms with Crippen molar-refractivity contribution in [2.45, 2.75) is 52.9 Å². The van der Waals surface area contributed by atoms with Gasteiger partial charge in [0.2, 0.25) is 5.91 Å². The molecule has 1 amide bonds. The molecule has 34 heavy (non-hydrogen) atoms. The van der Waals surface area contributed by atoms with E-state index in [4.69, 9.17) is 4.74 Å². The monoisotopic (exact) mass is 455 g/mol. The SMILES string of the molecule is C=C(C)C(=O)NCCOc1ccc(-c2ccc(-c3ccc(CCCCC)cc3)cc2CC)cc1. The number of rotatable bonds is 12. The minimum absolute atomic E-state index is 0.141. The summed E-state index contributed by atoms with van der Waals surface area (Å²) in [7, 11) is 0. The van der Waals surface area contributed by atoms with Gasteiger partial charge in [-0.1, -0.05) is 87.9 Å². The average molecular weight is 456 g/mol. The summed E-state index contributed by atoms with van der Waals surface area (Å²) in [6.07, 6.45) is 5.95. The van der Waals surface area contributed by atoms with Gasteiger partial charge in [0.15, 0.2) is 0 Å². The van der Waals surface area contributed by atoms with Gasteiger partial charge in [-0.3, -0.25) is 4.79 Å². The zero-order valence-electron chi connectivity index (χ0n) is 20.8. The summed E-state index contributed by atoms with van der Waals surface area (Å²) in [4.78, 5) is 11.5. The highest BCUT2D eigenvalue weighted by Gasteiger charge is 2.08. The smallest absolute Gasteiger partial charge is 0.246 e. The number of unbranched alkanes of at least 4 members (excludes halogenated alkanes) is 2. The highest BCUT2D eigenvalue weighted by molar-refractivity contribution is 5.92. The fraction of sp³-hybridized carbons (Fsp3) is 0.323. The second kappa shape index (κ2) is 12.8. The molecule has 3 aromatic carbocycles. The van der Waals surface area contributed by atoms with Gasteiger partial charge in [-0.15, -0.1) is 0 Å². The van der Waals surface area contributed by atoms with E-state index in [1.807, 2.05) is 12.1 Å². The van der Waals surface area contributed by atoms with Crippen molar-refractivity contribution in [2.24, 2.45) is 0 Å². The lowest BCUT2D eigenvalue weighted by atomic mass is 9.93. The summed E-state index contributed by atoms with van der Waals surface area (Å²) in [5.41, 5.74) is 8.22. The molecule has 0 spiro atoms. The van der Waals surface area contributed by atoms with Crippen molar-refractivity contribution in [1.82, 2.24) is 5.32 Å². The predicted octanol–water partition coefficient (Wildman–Crippen LogP) is 7.39. The van der Waals surface area contributed by atoms with E-state index in [0.717, 1.165) is 18.6 Å². The van der Waals surface area contributed by atoms with Gasteiger partial charge in [0, 0.05) is 5.57 Å². The molecule has 0 aliphatic heterocycles. The van der Waals surface area contributed by atoms with Crippen LogP contribution in [0.1, 0.15) is 51.2 Å². The van der Waals surface area contributed by atoms with E-state index < -0.39 is 0 Å². The van der Waals surface area contributed by atoms with Crippen molar-refractivity contribution in [2.75, 3.05) is 13.2 Å². The zero-order valence-corrected chi connectivity index (χ0v) is 20.8. The first-order chi connectivity index (χ1) is 16.5. The Labute approximate surface area is 204 Å². The number of amides is 1. The topological polar surface area (TPSA) is 38.3 Å². The predicted molar refractivity (Wildman–Crippen MR) is 143 cm³/mol. The molecule has 3 nitrogen and oxygen atoms in total. The molecule has 0 aliphatic carbocycles. The number of hydrogen-bond acceptors (Lipinski definition) is 2. The Morgan fingerprint density at radius 3 is 2.21 bits per heavy atom.